The van der Waals surface area contributed by atoms with Gasteiger partial charge in [0.2, 0.25) is 0 Å². The lowest BCUT2D eigenvalue weighted by atomic mass is 10.3. The van der Waals surface area contributed by atoms with Crippen LogP contribution in [0.2, 0.25) is 0 Å². The Morgan fingerprint density at radius 2 is 1.00 bits per heavy atom. The molecule has 3 rings (SSSR count). The molecule has 0 aromatic heterocycles. The zero-order valence-corrected chi connectivity index (χ0v) is 15.2. The van der Waals surface area contributed by atoms with Crippen molar-refractivity contribution in [1.29, 1.82) is 0 Å². The van der Waals surface area contributed by atoms with Gasteiger partial charge in [-0.25, -0.2) is 0 Å². The van der Waals surface area contributed by atoms with E-state index in [1.165, 1.54) is 15.9 Å². The summed E-state index contributed by atoms with van der Waals surface area (Å²) in [4.78, 5) is 0. The highest BCUT2D eigenvalue weighted by Crippen LogP contribution is 2.55. The van der Waals surface area contributed by atoms with Gasteiger partial charge in [-0.1, -0.05) is 54.6 Å². The van der Waals surface area contributed by atoms with Gasteiger partial charge in [0.15, 0.2) is 0 Å². The van der Waals surface area contributed by atoms with Crippen LogP contribution in [0.15, 0.2) is 91.0 Å². The quantitative estimate of drug-likeness (QED) is 0.618. The fraction of sp³-hybridized carbons (Fsp3) is 0.182. The molecule has 0 saturated heterocycles. The molecule has 0 bridgehead atoms. The van der Waals surface area contributed by atoms with Gasteiger partial charge in [-0.15, -0.1) is 0 Å². The summed E-state index contributed by atoms with van der Waals surface area (Å²) < 4.78 is 5.70. The van der Waals surface area contributed by atoms with Crippen LogP contribution in [0.5, 0.6) is 0 Å². The Morgan fingerprint density at radius 1 is 0.667 bits per heavy atom. The lowest BCUT2D eigenvalue weighted by molar-refractivity contribution is 0.137. The summed E-state index contributed by atoms with van der Waals surface area (Å²) in [5, 5.41) is 4.23. The molecule has 0 heterocycles. The van der Waals surface area contributed by atoms with Crippen molar-refractivity contribution in [3.05, 3.63) is 91.0 Å². The van der Waals surface area contributed by atoms with E-state index in [2.05, 4.69) is 97.9 Å². The summed E-state index contributed by atoms with van der Waals surface area (Å²) in [5.41, 5.74) is 0. The molecule has 0 aliphatic heterocycles. The van der Waals surface area contributed by atoms with Crippen LogP contribution in [0.25, 0.3) is 0 Å². The third kappa shape index (κ3) is 3.29. The molecule has 0 aliphatic rings. The molecular formula is C22H24OP+. The highest BCUT2D eigenvalue weighted by atomic mass is 31.2. The van der Waals surface area contributed by atoms with E-state index in [0.29, 0.717) is 0 Å². The van der Waals surface area contributed by atoms with E-state index in [1.54, 1.807) is 7.11 Å². The first-order valence-corrected chi connectivity index (χ1v) is 10.3. The second kappa shape index (κ2) is 7.75. The van der Waals surface area contributed by atoms with Gasteiger partial charge in [0.05, 0.1) is 12.3 Å². The van der Waals surface area contributed by atoms with E-state index in [4.69, 9.17) is 4.74 Å². The lowest BCUT2D eigenvalue weighted by Gasteiger charge is -2.29. The van der Waals surface area contributed by atoms with Gasteiger partial charge in [-0.3, -0.25) is 0 Å². The van der Waals surface area contributed by atoms with Crippen molar-refractivity contribution in [2.75, 3.05) is 13.3 Å². The van der Waals surface area contributed by atoms with Gasteiger partial charge in [0.1, 0.15) is 23.2 Å². The average Bonchev–Trinajstić information content (AvgIpc) is 2.68. The Bertz CT molecular complexity index is 644. The van der Waals surface area contributed by atoms with Gasteiger partial charge in [0, 0.05) is 7.11 Å². The van der Waals surface area contributed by atoms with Gasteiger partial charge in [-0.2, -0.15) is 0 Å². The first-order valence-electron chi connectivity index (χ1n) is 8.35. The van der Waals surface area contributed by atoms with E-state index in [9.17, 15) is 0 Å². The van der Waals surface area contributed by atoms with Crippen molar-refractivity contribution in [3.63, 3.8) is 0 Å². The zero-order chi connectivity index (χ0) is 16.8. The van der Waals surface area contributed by atoms with Gasteiger partial charge in [0.25, 0.3) is 0 Å². The fourth-order valence-corrected chi connectivity index (χ4v) is 7.76. The summed E-state index contributed by atoms with van der Waals surface area (Å²) in [6.45, 7) is 2.17. The maximum Gasteiger partial charge on any atom is 0.114 e. The number of benzene rings is 3. The van der Waals surface area contributed by atoms with E-state index >= 15 is 0 Å². The number of hydrogen-bond acceptors (Lipinski definition) is 1. The molecule has 0 fully saturated rings. The molecule has 1 atom stereocenters. The van der Waals surface area contributed by atoms with Crippen LogP contribution in [-0.2, 0) is 4.74 Å². The largest absolute Gasteiger partial charge is 0.378 e. The normalized spacial score (nSPS) is 12.8. The summed E-state index contributed by atoms with van der Waals surface area (Å²) in [5.74, 6) is 0. The van der Waals surface area contributed by atoms with E-state index in [-0.39, 0.29) is 6.10 Å². The topological polar surface area (TPSA) is 9.23 Å². The summed E-state index contributed by atoms with van der Waals surface area (Å²) in [6.07, 6.45) is 1.20. The van der Waals surface area contributed by atoms with Gasteiger partial charge >= 0.3 is 0 Å². The first-order chi connectivity index (χ1) is 11.8. The van der Waals surface area contributed by atoms with Crippen LogP contribution in [0.3, 0.4) is 0 Å². The summed E-state index contributed by atoms with van der Waals surface area (Å²) >= 11 is 0. The molecule has 2 heteroatoms. The third-order valence-corrected chi connectivity index (χ3v) is 9.13. The highest BCUT2D eigenvalue weighted by molar-refractivity contribution is 7.95. The Kier molecular flexibility index (Phi) is 5.45. The van der Waals surface area contributed by atoms with Gasteiger partial charge in [-0.05, 0) is 43.3 Å². The lowest BCUT2D eigenvalue weighted by Crippen LogP contribution is -2.36. The van der Waals surface area contributed by atoms with Crippen molar-refractivity contribution in [2.45, 2.75) is 13.0 Å². The number of rotatable bonds is 6. The molecular weight excluding hydrogens is 311 g/mol. The van der Waals surface area contributed by atoms with Crippen LogP contribution in [0.1, 0.15) is 6.92 Å². The van der Waals surface area contributed by atoms with E-state index in [1.807, 2.05) is 0 Å². The molecule has 0 N–H and O–H groups in total. The smallest absolute Gasteiger partial charge is 0.114 e. The van der Waals surface area contributed by atoms with E-state index < -0.39 is 7.26 Å². The Labute approximate surface area is 145 Å². The van der Waals surface area contributed by atoms with Crippen LogP contribution in [-0.4, -0.2) is 19.4 Å². The monoisotopic (exact) mass is 335 g/mol. The van der Waals surface area contributed by atoms with Crippen molar-refractivity contribution >= 4 is 23.2 Å². The molecule has 3 aromatic rings. The highest BCUT2D eigenvalue weighted by Gasteiger charge is 2.46. The standard InChI is InChI=1S/C22H24OP/c1-19(23-2)18-24(20-12-6-3-7-13-20,21-14-8-4-9-15-21)22-16-10-5-11-17-22/h3-17,19H,18H2,1-2H3/q+1/t19-/m0/s1. The Hall–Kier alpha value is -1.95. The van der Waals surface area contributed by atoms with Crippen molar-refractivity contribution in [2.24, 2.45) is 0 Å². The second-order valence-corrected chi connectivity index (χ2v) is 9.58. The predicted octanol–water partition coefficient (Wildman–Crippen LogP) is 4.02. The predicted molar refractivity (Wildman–Crippen MR) is 106 cm³/mol. The molecule has 0 amide bonds. The van der Waals surface area contributed by atoms with Crippen molar-refractivity contribution in [3.8, 4) is 0 Å². The Morgan fingerprint density at radius 3 is 1.29 bits per heavy atom. The average molecular weight is 335 g/mol. The molecule has 24 heavy (non-hydrogen) atoms. The summed E-state index contributed by atoms with van der Waals surface area (Å²) in [6, 6.07) is 32.8. The van der Waals surface area contributed by atoms with E-state index in [0.717, 1.165) is 6.16 Å². The Balaban J connectivity index is 2.28. The SMILES string of the molecule is CO[C@@H](C)C[P+](c1ccccc1)(c1ccccc1)c1ccccc1. The molecule has 3 aromatic carbocycles. The maximum atomic E-state index is 5.70. The van der Waals surface area contributed by atoms with Crippen LogP contribution in [0.4, 0.5) is 0 Å². The molecule has 0 saturated carbocycles. The zero-order valence-electron chi connectivity index (χ0n) is 14.3. The molecule has 0 radical (unpaired) electrons. The number of hydrogen-bond donors (Lipinski definition) is 0. The molecule has 1 nitrogen and oxygen atoms in total. The minimum atomic E-state index is -1.75. The molecule has 0 unspecified atom stereocenters. The van der Waals surface area contributed by atoms with Crippen LogP contribution >= 0.6 is 7.26 Å². The maximum absolute atomic E-state index is 5.70. The molecule has 0 spiro atoms. The fourth-order valence-electron chi connectivity index (χ4n) is 3.27. The summed E-state index contributed by atoms with van der Waals surface area (Å²) in [7, 11) is 0.0550. The van der Waals surface area contributed by atoms with Crippen LogP contribution in [0, 0.1) is 0 Å². The molecule has 0 aliphatic carbocycles. The van der Waals surface area contributed by atoms with Gasteiger partial charge < -0.3 is 4.74 Å². The minimum Gasteiger partial charge on any atom is -0.378 e. The minimum absolute atomic E-state index is 0.193. The van der Waals surface area contributed by atoms with Crippen molar-refractivity contribution < 1.29 is 4.74 Å². The number of ether oxygens (including phenoxy) is 1. The second-order valence-electron chi connectivity index (χ2n) is 6.05. The number of methoxy groups -OCH3 is 1. The van der Waals surface area contributed by atoms with Crippen molar-refractivity contribution in [1.82, 2.24) is 0 Å². The first kappa shape index (κ1) is 16.9. The van der Waals surface area contributed by atoms with Crippen LogP contribution < -0.4 is 15.9 Å². The molecule has 122 valence electrons. The third-order valence-electron chi connectivity index (χ3n) is 4.52.